The van der Waals surface area contributed by atoms with Gasteiger partial charge in [0.15, 0.2) is 0 Å². The van der Waals surface area contributed by atoms with Crippen molar-refractivity contribution in [2.24, 2.45) is 0 Å². The predicted molar refractivity (Wildman–Crippen MR) is 101 cm³/mol. The number of carbonyl (C=O) groups is 2. The molecule has 142 valence electrons. The van der Waals surface area contributed by atoms with Crippen LogP contribution in [0.1, 0.15) is 11.1 Å². The first-order valence-electron chi connectivity index (χ1n) is 8.12. The smallest absolute Gasteiger partial charge is 0.244 e. The van der Waals surface area contributed by atoms with Crippen LogP contribution in [0.2, 0.25) is 5.02 Å². The molecular formula is C17H22ClN3O4S. The van der Waals surface area contributed by atoms with E-state index in [-0.39, 0.29) is 31.4 Å². The highest BCUT2D eigenvalue weighted by atomic mass is 35.5. The van der Waals surface area contributed by atoms with Crippen LogP contribution in [0.3, 0.4) is 0 Å². The second-order valence-corrected chi connectivity index (χ2v) is 8.49. The van der Waals surface area contributed by atoms with E-state index in [0.29, 0.717) is 18.1 Å². The van der Waals surface area contributed by atoms with Crippen molar-refractivity contribution in [3.8, 4) is 0 Å². The zero-order valence-electron chi connectivity index (χ0n) is 14.7. The number of sulfonamides is 1. The molecule has 0 aromatic heterocycles. The van der Waals surface area contributed by atoms with E-state index in [0.717, 1.165) is 17.4 Å². The molecule has 9 heteroatoms. The number of nitrogens with one attached hydrogen (secondary N) is 1. The van der Waals surface area contributed by atoms with Gasteiger partial charge in [-0.1, -0.05) is 23.7 Å². The maximum atomic E-state index is 12.1. The van der Waals surface area contributed by atoms with E-state index < -0.39 is 10.0 Å². The topological polar surface area (TPSA) is 86.8 Å². The van der Waals surface area contributed by atoms with Crippen molar-refractivity contribution < 1.29 is 18.0 Å². The first kappa shape index (κ1) is 20.4. The quantitative estimate of drug-likeness (QED) is 0.745. The van der Waals surface area contributed by atoms with Crippen LogP contribution in [0.25, 0.3) is 6.08 Å². The lowest BCUT2D eigenvalue weighted by Crippen LogP contribution is -2.52. The van der Waals surface area contributed by atoms with Crippen molar-refractivity contribution in [2.75, 3.05) is 39.0 Å². The van der Waals surface area contributed by atoms with E-state index in [4.69, 9.17) is 11.6 Å². The van der Waals surface area contributed by atoms with Gasteiger partial charge in [0.1, 0.15) is 0 Å². The minimum absolute atomic E-state index is 0.128. The molecule has 7 nitrogen and oxygen atoms in total. The fraction of sp³-hybridized carbons (Fsp3) is 0.412. The first-order chi connectivity index (χ1) is 12.2. The van der Waals surface area contributed by atoms with Gasteiger partial charge in [-0.2, -0.15) is 4.31 Å². The number of hydrogen-bond donors (Lipinski definition) is 1. The van der Waals surface area contributed by atoms with Crippen LogP contribution in [0.15, 0.2) is 24.3 Å². The average molecular weight is 400 g/mol. The Balaban J connectivity index is 1.79. The molecule has 1 aliphatic rings. The molecule has 2 rings (SSSR count). The van der Waals surface area contributed by atoms with Crippen LogP contribution in [0.5, 0.6) is 0 Å². The summed E-state index contributed by atoms with van der Waals surface area (Å²) in [5.74, 6) is -0.622. The molecule has 1 heterocycles. The van der Waals surface area contributed by atoms with E-state index in [1.165, 1.54) is 10.4 Å². The monoisotopic (exact) mass is 399 g/mol. The van der Waals surface area contributed by atoms with E-state index in [1.54, 1.807) is 17.0 Å². The summed E-state index contributed by atoms with van der Waals surface area (Å²) in [4.78, 5) is 25.5. The zero-order valence-corrected chi connectivity index (χ0v) is 16.3. The standard InChI is InChI=1S/C17H22ClN3O4S/c1-13-3-4-14(11-15(13)18)5-6-16(22)19-12-17(23)20-7-9-21(10-8-20)26(2,24)25/h3-6,11H,7-10,12H2,1-2H3,(H,19,22)/b6-5+. The van der Waals surface area contributed by atoms with Gasteiger partial charge in [-0.25, -0.2) is 8.42 Å². The third-order valence-electron chi connectivity index (χ3n) is 4.10. The summed E-state index contributed by atoms with van der Waals surface area (Å²) < 4.78 is 24.3. The lowest BCUT2D eigenvalue weighted by molar-refractivity contribution is -0.133. The molecule has 1 saturated heterocycles. The van der Waals surface area contributed by atoms with Crippen molar-refractivity contribution in [1.82, 2.24) is 14.5 Å². The minimum atomic E-state index is -3.23. The number of carbonyl (C=O) groups excluding carboxylic acids is 2. The van der Waals surface area contributed by atoms with Crippen LogP contribution in [0.4, 0.5) is 0 Å². The van der Waals surface area contributed by atoms with Crippen molar-refractivity contribution >= 4 is 39.5 Å². The van der Waals surface area contributed by atoms with Crippen LogP contribution >= 0.6 is 11.6 Å². The summed E-state index contributed by atoms with van der Waals surface area (Å²) in [6, 6.07) is 5.46. The highest BCUT2D eigenvalue weighted by Crippen LogP contribution is 2.17. The van der Waals surface area contributed by atoms with Crippen LogP contribution < -0.4 is 5.32 Å². The number of nitrogens with zero attached hydrogens (tertiary/aromatic N) is 2. The van der Waals surface area contributed by atoms with Gasteiger partial charge in [0.2, 0.25) is 21.8 Å². The summed E-state index contributed by atoms with van der Waals surface area (Å²) in [7, 11) is -3.23. The number of halogens is 1. The molecule has 1 fully saturated rings. The van der Waals surface area contributed by atoms with Crippen molar-refractivity contribution in [3.05, 3.63) is 40.4 Å². The van der Waals surface area contributed by atoms with Gasteiger partial charge in [0, 0.05) is 37.3 Å². The molecule has 0 unspecified atom stereocenters. The zero-order chi connectivity index (χ0) is 19.3. The molecular weight excluding hydrogens is 378 g/mol. The summed E-state index contributed by atoms with van der Waals surface area (Å²) in [6.45, 7) is 2.94. The first-order valence-corrected chi connectivity index (χ1v) is 10.3. The molecule has 2 amide bonds. The maximum Gasteiger partial charge on any atom is 0.244 e. The number of amides is 2. The molecule has 1 aromatic carbocycles. The fourth-order valence-corrected chi connectivity index (χ4v) is 3.50. The number of aryl methyl sites for hydroxylation is 1. The third kappa shape index (κ3) is 5.82. The molecule has 1 N–H and O–H groups in total. The number of benzene rings is 1. The van der Waals surface area contributed by atoms with Gasteiger partial charge in [0.05, 0.1) is 12.8 Å². The highest BCUT2D eigenvalue weighted by Gasteiger charge is 2.25. The Bertz CT molecular complexity index is 815. The average Bonchev–Trinajstić information content (AvgIpc) is 2.60. The van der Waals surface area contributed by atoms with Gasteiger partial charge in [0.25, 0.3) is 0 Å². The Kier molecular flexibility index (Phi) is 6.80. The lowest BCUT2D eigenvalue weighted by atomic mass is 10.1. The van der Waals surface area contributed by atoms with E-state index in [2.05, 4.69) is 5.32 Å². The second-order valence-electron chi connectivity index (χ2n) is 6.10. The van der Waals surface area contributed by atoms with Crippen molar-refractivity contribution in [2.45, 2.75) is 6.92 Å². The molecule has 0 bridgehead atoms. The molecule has 0 atom stereocenters. The van der Waals surface area contributed by atoms with E-state index in [9.17, 15) is 18.0 Å². The number of hydrogen-bond acceptors (Lipinski definition) is 4. The predicted octanol–water partition coefficient (Wildman–Crippen LogP) is 0.882. The molecule has 26 heavy (non-hydrogen) atoms. The second kappa shape index (κ2) is 8.66. The molecule has 0 radical (unpaired) electrons. The molecule has 0 aliphatic carbocycles. The summed E-state index contributed by atoms with van der Waals surface area (Å²) in [5, 5.41) is 3.16. The van der Waals surface area contributed by atoms with Crippen molar-refractivity contribution in [3.63, 3.8) is 0 Å². The third-order valence-corrected chi connectivity index (χ3v) is 5.81. The number of rotatable bonds is 5. The minimum Gasteiger partial charge on any atom is -0.343 e. The summed E-state index contributed by atoms with van der Waals surface area (Å²) >= 11 is 6.03. The molecule has 1 aromatic rings. The molecule has 1 aliphatic heterocycles. The Labute approximate surface area is 158 Å². The Hall–Kier alpha value is -1.90. The Morgan fingerprint density at radius 3 is 2.46 bits per heavy atom. The number of piperazine rings is 1. The highest BCUT2D eigenvalue weighted by molar-refractivity contribution is 7.88. The summed E-state index contributed by atoms with van der Waals surface area (Å²) in [6.07, 6.45) is 4.12. The van der Waals surface area contributed by atoms with E-state index in [1.807, 2.05) is 19.1 Å². The molecule has 0 spiro atoms. The van der Waals surface area contributed by atoms with Gasteiger partial charge in [-0.3, -0.25) is 9.59 Å². The largest absolute Gasteiger partial charge is 0.343 e. The van der Waals surface area contributed by atoms with Crippen LogP contribution in [-0.4, -0.2) is 68.4 Å². The normalized spacial score (nSPS) is 16.0. The fourth-order valence-electron chi connectivity index (χ4n) is 2.49. The van der Waals surface area contributed by atoms with Gasteiger partial charge < -0.3 is 10.2 Å². The SMILES string of the molecule is Cc1ccc(/C=C/C(=O)NCC(=O)N2CCN(S(C)(=O)=O)CC2)cc1Cl. The summed E-state index contributed by atoms with van der Waals surface area (Å²) in [5.41, 5.74) is 1.74. The van der Waals surface area contributed by atoms with Crippen LogP contribution in [-0.2, 0) is 19.6 Å². The van der Waals surface area contributed by atoms with E-state index >= 15 is 0 Å². The van der Waals surface area contributed by atoms with Gasteiger partial charge in [-0.05, 0) is 30.2 Å². The van der Waals surface area contributed by atoms with Gasteiger partial charge in [-0.15, -0.1) is 0 Å². The maximum absolute atomic E-state index is 12.1. The lowest BCUT2D eigenvalue weighted by Gasteiger charge is -2.33. The van der Waals surface area contributed by atoms with Crippen LogP contribution in [0, 0.1) is 6.92 Å². The van der Waals surface area contributed by atoms with Gasteiger partial charge >= 0.3 is 0 Å². The van der Waals surface area contributed by atoms with Crippen molar-refractivity contribution in [1.29, 1.82) is 0 Å². The molecule has 0 saturated carbocycles. The Morgan fingerprint density at radius 1 is 1.23 bits per heavy atom. The Morgan fingerprint density at radius 2 is 1.88 bits per heavy atom.